The van der Waals surface area contributed by atoms with Gasteiger partial charge < -0.3 is 40.4 Å². The molecule has 1 heterocycles. The second kappa shape index (κ2) is 8.23. The van der Waals surface area contributed by atoms with Crippen molar-refractivity contribution >= 4 is 11.7 Å². The van der Waals surface area contributed by atoms with Crippen LogP contribution in [-0.2, 0) is 4.74 Å². The molecule has 116 valence electrons. The summed E-state index contributed by atoms with van der Waals surface area (Å²) < 4.78 is 5.26. The largest absolute Gasteiger partial charge is 1.00 e. The summed E-state index contributed by atoms with van der Waals surface area (Å²) in [7, 11) is 0. The molecule has 0 aliphatic carbocycles. The van der Waals surface area contributed by atoms with Crippen molar-refractivity contribution in [3.8, 4) is 0 Å². The average molecular weight is 321 g/mol. The number of ether oxygens (including phenoxy) is 1. The maximum absolute atomic E-state index is 10.6. The third-order valence-electron chi connectivity index (χ3n) is 3.32. The van der Waals surface area contributed by atoms with Crippen LogP contribution in [0, 0.1) is 0 Å². The van der Waals surface area contributed by atoms with E-state index in [0.29, 0.717) is 5.69 Å². The van der Waals surface area contributed by atoms with E-state index < -0.39 is 43.2 Å². The van der Waals surface area contributed by atoms with Crippen LogP contribution in [0.25, 0.3) is 0 Å². The van der Waals surface area contributed by atoms with Crippen LogP contribution in [0.1, 0.15) is 10.4 Å². The summed E-state index contributed by atoms with van der Waals surface area (Å²) >= 11 is 0. The average Bonchev–Trinajstić information content (AvgIpc) is 2.48. The van der Waals surface area contributed by atoms with E-state index in [-0.39, 0.29) is 35.1 Å². The number of anilines is 1. The molecule has 0 aromatic heterocycles. The molecule has 9 heteroatoms. The van der Waals surface area contributed by atoms with Crippen LogP contribution < -0.4 is 40.0 Å². The normalized spacial score (nSPS) is 31.2. The van der Waals surface area contributed by atoms with E-state index in [9.17, 15) is 25.2 Å². The van der Waals surface area contributed by atoms with Crippen LogP contribution in [-0.4, -0.2) is 63.6 Å². The number of rotatable bonds is 4. The molecular weight excluding hydrogens is 305 g/mol. The van der Waals surface area contributed by atoms with Gasteiger partial charge in [0.15, 0.2) is 6.23 Å². The molecule has 5 atom stereocenters. The van der Waals surface area contributed by atoms with Crippen molar-refractivity contribution in [2.75, 3.05) is 11.9 Å². The fourth-order valence-electron chi connectivity index (χ4n) is 2.09. The number of carbonyl (C=O) groups excluding carboxylic acids is 1. The molecule has 2 rings (SSSR count). The third kappa shape index (κ3) is 4.18. The summed E-state index contributed by atoms with van der Waals surface area (Å²) in [6.07, 6.45) is -6.39. The van der Waals surface area contributed by atoms with Crippen molar-refractivity contribution in [1.29, 1.82) is 0 Å². The Morgan fingerprint density at radius 2 is 1.73 bits per heavy atom. The van der Waals surface area contributed by atoms with Gasteiger partial charge in [0.1, 0.15) is 24.4 Å². The molecule has 5 N–H and O–H groups in total. The van der Waals surface area contributed by atoms with Crippen molar-refractivity contribution in [2.45, 2.75) is 30.6 Å². The fourth-order valence-corrected chi connectivity index (χ4v) is 2.09. The SMILES string of the molecule is O=C([O-])c1ccc(N[C@H]2O[C@H](CO)[C@@H](O)[C@H](O)[C@@H]2O)cc1.[Na+]. The van der Waals surface area contributed by atoms with Crippen LogP contribution in [0.4, 0.5) is 5.69 Å². The van der Waals surface area contributed by atoms with E-state index in [1.807, 2.05) is 0 Å². The van der Waals surface area contributed by atoms with Crippen molar-refractivity contribution in [1.82, 2.24) is 0 Å². The van der Waals surface area contributed by atoms with Gasteiger partial charge in [-0.1, -0.05) is 12.1 Å². The summed E-state index contributed by atoms with van der Waals surface area (Å²) in [4.78, 5) is 10.6. The number of hydrogen-bond acceptors (Lipinski definition) is 8. The standard InChI is InChI=1S/C13H17NO7.Na/c15-5-8-9(16)10(17)11(18)12(21-8)14-7-3-1-6(2-4-7)13(19)20;/h1-4,8-12,14-18H,5H2,(H,19,20);/q;+1/p-1/t8-,9-,10+,11+,12+;/m1./s1. The molecule has 0 amide bonds. The first-order chi connectivity index (χ1) is 9.93. The number of aliphatic hydroxyl groups is 4. The zero-order valence-electron chi connectivity index (χ0n) is 11.9. The maximum Gasteiger partial charge on any atom is 1.00 e. The van der Waals surface area contributed by atoms with Gasteiger partial charge in [-0.05, 0) is 17.7 Å². The number of carboxylic acid groups (broad SMARTS) is 1. The molecule has 1 fully saturated rings. The van der Waals surface area contributed by atoms with Gasteiger partial charge in [0.05, 0.1) is 12.6 Å². The summed E-state index contributed by atoms with van der Waals surface area (Å²) in [5, 5.41) is 51.6. The first-order valence-electron chi connectivity index (χ1n) is 6.32. The molecule has 0 saturated carbocycles. The molecule has 1 aliphatic rings. The number of aliphatic hydroxyl groups excluding tert-OH is 4. The van der Waals surface area contributed by atoms with Crippen LogP contribution in [0.15, 0.2) is 24.3 Å². The number of carboxylic acids is 1. The molecule has 1 aromatic carbocycles. The van der Waals surface area contributed by atoms with Crippen LogP contribution in [0.2, 0.25) is 0 Å². The predicted molar refractivity (Wildman–Crippen MR) is 68.2 cm³/mol. The van der Waals surface area contributed by atoms with Crippen LogP contribution >= 0.6 is 0 Å². The van der Waals surface area contributed by atoms with Crippen LogP contribution in [0.3, 0.4) is 0 Å². The Labute approximate surface area is 148 Å². The minimum Gasteiger partial charge on any atom is -0.545 e. The van der Waals surface area contributed by atoms with E-state index >= 15 is 0 Å². The predicted octanol–water partition coefficient (Wildman–Crippen LogP) is -5.73. The van der Waals surface area contributed by atoms with Crippen molar-refractivity contribution < 1.29 is 64.6 Å². The summed E-state index contributed by atoms with van der Waals surface area (Å²) in [5.74, 6) is -1.31. The van der Waals surface area contributed by atoms with Crippen molar-refractivity contribution in [3.63, 3.8) is 0 Å². The maximum atomic E-state index is 10.6. The van der Waals surface area contributed by atoms with Crippen molar-refractivity contribution in [3.05, 3.63) is 29.8 Å². The molecule has 0 spiro atoms. The fraction of sp³-hybridized carbons (Fsp3) is 0.462. The molecular formula is C13H16NNaO7. The quantitative estimate of drug-likeness (QED) is 0.345. The molecule has 1 saturated heterocycles. The van der Waals surface area contributed by atoms with Gasteiger partial charge in [0.2, 0.25) is 0 Å². The summed E-state index contributed by atoms with van der Waals surface area (Å²) in [6.45, 7) is -0.521. The van der Waals surface area contributed by atoms with Gasteiger partial charge in [-0.2, -0.15) is 0 Å². The third-order valence-corrected chi connectivity index (χ3v) is 3.32. The number of nitrogens with one attached hydrogen (secondary N) is 1. The minimum atomic E-state index is -1.48. The number of aromatic carboxylic acids is 1. The van der Waals surface area contributed by atoms with Gasteiger partial charge in [-0.3, -0.25) is 0 Å². The first-order valence-corrected chi connectivity index (χ1v) is 6.32. The summed E-state index contributed by atoms with van der Waals surface area (Å²) in [6, 6.07) is 5.49. The molecule has 22 heavy (non-hydrogen) atoms. The van der Waals surface area contributed by atoms with E-state index in [0.717, 1.165) is 0 Å². The molecule has 0 bridgehead atoms. The molecule has 8 nitrogen and oxygen atoms in total. The van der Waals surface area contributed by atoms with Gasteiger partial charge >= 0.3 is 29.6 Å². The van der Waals surface area contributed by atoms with Gasteiger partial charge in [0, 0.05) is 5.69 Å². The van der Waals surface area contributed by atoms with E-state index in [1.165, 1.54) is 24.3 Å². The Morgan fingerprint density at radius 1 is 1.14 bits per heavy atom. The zero-order chi connectivity index (χ0) is 15.6. The Bertz CT molecular complexity index is 496. The zero-order valence-corrected chi connectivity index (χ0v) is 13.9. The van der Waals surface area contributed by atoms with Gasteiger partial charge in [-0.15, -0.1) is 0 Å². The Balaban J connectivity index is 0.00000242. The molecule has 0 unspecified atom stereocenters. The van der Waals surface area contributed by atoms with E-state index in [4.69, 9.17) is 9.84 Å². The number of carbonyl (C=O) groups is 1. The topological polar surface area (TPSA) is 142 Å². The molecule has 1 aromatic rings. The second-order valence-corrected chi connectivity index (χ2v) is 4.76. The van der Waals surface area contributed by atoms with Gasteiger partial charge in [0.25, 0.3) is 0 Å². The van der Waals surface area contributed by atoms with Gasteiger partial charge in [-0.25, -0.2) is 0 Å². The van der Waals surface area contributed by atoms with E-state index in [2.05, 4.69) is 5.32 Å². The smallest absolute Gasteiger partial charge is 0.545 e. The monoisotopic (exact) mass is 321 g/mol. The molecule has 0 radical (unpaired) electrons. The Hall–Kier alpha value is -0.710. The number of hydrogen-bond donors (Lipinski definition) is 5. The molecule has 1 aliphatic heterocycles. The van der Waals surface area contributed by atoms with Crippen LogP contribution in [0.5, 0.6) is 0 Å². The minimum absolute atomic E-state index is 0. The van der Waals surface area contributed by atoms with E-state index in [1.54, 1.807) is 0 Å². The first kappa shape index (κ1) is 19.3. The number of benzene rings is 1. The van der Waals surface area contributed by atoms with Crippen molar-refractivity contribution in [2.24, 2.45) is 0 Å². The Morgan fingerprint density at radius 3 is 2.23 bits per heavy atom. The Kier molecular flexibility index (Phi) is 7.23. The second-order valence-electron chi connectivity index (χ2n) is 4.76. The summed E-state index contributed by atoms with van der Waals surface area (Å²) in [5.41, 5.74) is 0.429.